The van der Waals surface area contributed by atoms with Crippen LogP contribution in [0.5, 0.6) is 0 Å². The van der Waals surface area contributed by atoms with E-state index >= 15 is 0 Å². The third-order valence-corrected chi connectivity index (χ3v) is 4.99. The van der Waals surface area contributed by atoms with E-state index in [1.807, 2.05) is 19.1 Å². The van der Waals surface area contributed by atoms with Gasteiger partial charge in [0.2, 0.25) is 0 Å². The minimum atomic E-state index is -1.09. The van der Waals surface area contributed by atoms with Crippen molar-refractivity contribution in [3.8, 4) is 0 Å². The second kappa shape index (κ2) is 6.01. The molecule has 2 heterocycles. The summed E-state index contributed by atoms with van der Waals surface area (Å²) in [5, 5.41) is 9.42. The number of carbonyl (C=O) groups is 2. The molecule has 0 aliphatic carbocycles. The van der Waals surface area contributed by atoms with Gasteiger partial charge in [0.25, 0.3) is 5.56 Å². The van der Waals surface area contributed by atoms with Crippen molar-refractivity contribution < 1.29 is 14.7 Å². The van der Waals surface area contributed by atoms with Crippen molar-refractivity contribution in [2.24, 2.45) is 0 Å². The Hall–Kier alpha value is -2.80. The second-order valence-electron chi connectivity index (χ2n) is 5.51. The van der Waals surface area contributed by atoms with Crippen molar-refractivity contribution in [1.82, 2.24) is 9.55 Å². The number of carboxylic acids is 1. The highest BCUT2D eigenvalue weighted by Gasteiger charge is 2.19. The van der Waals surface area contributed by atoms with E-state index in [0.717, 1.165) is 16.9 Å². The molecule has 2 aromatic heterocycles. The monoisotopic (exact) mass is 342 g/mol. The summed E-state index contributed by atoms with van der Waals surface area (Å²) in [7, 11) is 0. The van der Waals surface area contributed by atoms with Crippen molar-refractivity contribution in [1.29, 1.82) is 0 Å². The minimum Gasteiger partial charge on any atom is -0.477 e. The summed E-state index contributed by atoms with van der Waals surface area (Å²) in [4.78, 5) is 40.7. The van der Waals surface area contributed by atoms with Gasteiger partial charge in [0.05, 0.1) is 18.3 Å². The van der Waals surface area contributed by atoms with Crippen molar-refractivity contribution >= 4 is 33.3 Å². The van der Waals surface area contributed by atoms with Crippen LogP contribution in [0.25, 0.3) is 10.2 Å². The van der Waals surface area contributed by atoms with E-state index < -0.39 is 11.5 Å². The number of carboxylic acid groups (broad SMARTS) is 1. The Bertz CT molecular complexity index is 1020. The molecule has 0 spiro atoms. The standard InChI is InChI=1S/C17H14N2O4S/c1-9-3-5-11(6-4-9)12(20)7-19-8-18-15-13(16(19)21)10(2)14(24-15)17(22)23/h3-6,8H,7H2,1-2H3,(H,22,23). The van der Waals surface area contributed by atoms with Crippen molar-refractivity contribution in [3.05, 3.63) is 62.5 Å². The lowest BCUT2D eigenvalue weighted by Crippen LogP contribution is -2.24. The molecule has 0 aliphatic heterocycles. The van der Waals surface area contributed by atoms with Gasteiger partial charge in [0.1, 0.15) is 9.71 Å². The summed E-state index contributed by atoms with van der Waals surface area (Å²) in [6, 6.07) is 7.10. The maximum absolute atomic E-state index is 12.6. The molecule has 3 aromatic rings. The largest absolute Gasteiger partial charge is 0.477 e. The van der Waals surface area contributed by atoms with Gasteiger partial charge in [-0.05, 0) is 19.4 Å². The fraction of sp³-hybridized carbons (Fsp3) is 0.176. The molecular weight excluding hydrogens is 328 g/mol. The number of hydrogen-bond donors (Lipinski definition) is 1. The number of aromatic nitrogens is 2. The molecular formula is C17H14N2O4S. The average molecular weight is 342 g/mol. The first kappa shape index (κ1) is 16.1. The molecule has 6 nitrogen and oxygen atoms in total. The molecule has 0 amide bonds. The van der Waals surface area contributed by atoms with E-state index in [1.165, 1.54) is 10.9 Å². The summed E-state index contributed by atoms with van der Waals surface area (Å²) >= 11 is 0.963. The number of aromatic carboxylic acids is 1. The van der Waals surface area contributed by atoms with E-state index in [-0.39, 0.29) is 22.6 Å². The number of nitrogens with zero attached hydrogens (tertiary/aromatic N) is 2. The van der Waals surface area contributed by atoms with Crippen LogP contribution in [0.3, 0.4) is 0 Å². The number of rotatable bonds is 4. The first-order valence-corrected chi connectivity index (χ1v) is 8.02. The van der Waals surface area contributed by atoms with Crippen LogP contribution in [0, 0.1) is 13.8 Å². The molecule has 0 bridgehead atoms. The number of hydrogen-bond acceptors (Lipinski definition) is 5. The average Bonchev–Trinajstić information content (AvgIpc) is 2.88. The van der Waals surface area contributed by atoms with Gasteiger partial charge in [0.15, 0.2) is 5.78 Å². The maximum atomic E-state index is 12.6. The van der Waals surface area contributed by atoms with Crippen LogP contribution in [-0.2, 0) is 6.54 Å². The van der Waals surface area contributed by atoms with Crippen LogP contribution in [0.1, 0.15) is 31.2 Å². The van der Waals surface area contributed by atoms with Crippen LogP contribution in [-0.4, -0.2) is 26.4 Å². The normalized spacial score (nSPS) is 10.9. The molecule has 0 radical (unpaired) electrons. The van der Waals surface area contributed by atoms with E-state index in [1.54, 1.807) is 19.1 Å². The Labute approximate surface area is 141 Å². The lowest BCUT2D eigenvalue weighted by molar-refractivity contribution is 0.0701. The predicted molar refractivity (Wildman–Crippen MR) is 91.1 cm³/mol. The van der Waals surface area contributed by atoms with E-state index in [4.69, 9.17) is 5.11 Å². The fourth-order valence-corrected chi connectivity index (χ4v) is 3.44. The summed E-state index contributed by atoms with van der Waals surface area (Å²) in [5.41, 5.74) is 1.54. The van der Waals surface area contributed by atoms with Gasteiger partial charge in [0, 0.05) is 5.56 Å². The Kier molecular flexibility index (Phi) is 4.02. The van der Waals surface area contributed by atoms with Crippen molar-refractivity contribution in [2.45, 2.75) is 20.4 Å². The topological polar surface area (TPSA) is 89.3 Å². The number of carbonyl (C=O) groups excluding carboxylic acids is 1. The smallest absolute Gasteiger partial charge is 0.346 e. The minimum absolute atomic E-state index is 0.0946. The molecule has 0 fully saturated rings. The molecule has 1 N–H and O–H groups in total. The molecule has 0 saturated heterocycles. The van der Waals surface area contributed by atoms with Crippen molar-refractivity contribution in [2.75, 3.05) is 0 Å². The summed E-state index contributed by atoms with van der Waals surface area (Å²) in [6.07, 6.45) is 1.29. The molecule has 24 heavy (non-hydrogen) atoms. The van der Waals surface area contributed by atoms with Gasteiger partial charge in [-0.15, -0.1) is 11.3 Å². The van der Waals surface area contributed by atoms with Gasteiger partial charge in [-0.3, -0.25) is 14.2 Å². The number of benzene rings is 1. The molecule has 0 atom stereocenters. The van der Waals surface area contributed by atoms with Gasteiger partial charge < -0.3 is 5.11 Å². The summed E-state index contributed by atoms with van der Waals surface area (Å²) in [6.45, 7) is 3.37. The SMILES string of the molecule is Cc1ccc(C(=O)Cn2cnc3sc(C(=O)O)c(C)c3c2=O)cc1. The molecule has 122 valence electrons. The van der Waals surface area contributed by atoms with Crippen LogP contribution in [0.15, 0.2) is 35.4 Å². The zero-order valence-corrected chi connectivity index (χ0v) is 13.9. The molecule has 0 unspecified atom stereocenters. The predicted octanol–water partition coefficient (Wildman–Crippen LogP) is 2.66. The lowest BCUT2D eigenvalue weighted by atomic mass is 10.1. The first-order chi connectivity index (χ1) is 11.4. The van der Waals surface area contributed by atoms with Crippen molar-refractivity contribution in [3.63, 3.8) is 0 Å². The highest BCUT2D eigenvalue weighted by atomic mass is 32.1. The molecule has 1 aromatic carbocycles. The first-order valence-electron chi connectivity index (χ1n) is 7.20. The number of aryl methyl sites for hydroxylation is 2. The quantitative estimate of drug-likeness (QED) is 0.736. The number of ketones is 1. The van der Waals surface area contributed by atoms with E-state index in [2.05, 4.69) is 4.98 Å². The highest BCUT2D eigenvalue weighted by molar-refractivity contribution is 7.20. The second-order valence-corrected chi connectivity index (χ2v) is 6.51. The number of Topliss-reactive ketones (excluding diaryl/α,β-unsaturated/α-hetero) is 1. The highest BCUT2D eigenvalue weighted by Crippen LogP contribution is 2.26. The van der Waals surface area contributed by atoms with E-state index in [0.29, 0.717) is 16.0 Å². The van der Waals surface area contributed by atoms with E-state index in [9.17, 15) is 14.4 Å². The van der Waals surface area contributed by atoms with Crippen LogP contribution < -0.4 is 5.56 Å². The van der Waals surface area contributed by atoms with Gasteiger partial charge >= 0.3 is 5.97 Å². The van der Waals surface area contributed by atoms with Crippen LogP contribution >= 0.6 is 11.3 Å². The van der Waals surface area contributed by atoms with Crippen LogP contribution in [0.2, 0.25) is 0 Å². The molecule has 3 rings (SSSR count). The summed E-state index contributed by atoms with van der Waals surface area (Å²) in [5.74, 6) is -1.29. The Morgan fingerprint density at radius 1 is 1.21 bits per heavy atom. The Morgan fingerprint density at radius 3 is 2.50 bits per heavy atom. The van der Waals surface area contributed by atoms with Gasteiger partial charge in [-0.1, -0.05) is 29.8 Å². The van der Waals surface area contributed by atoms with Gasteiger partial charge in [-0.25, -0.2) is 9.78 Å². The molecule has 0 saturated carbocycles. The number of fused-ring (bicyclic) bond motifs is 1. The molecule has 7 heteroatoms. The third kappa shape index (κ3) is 2.74. The maximum Gasteiger partial charge on any atom is 0.346 e. The zero-order valence-electron chi connectivity index (χ0n) is 13.1. The lowest BCUT2D eigenvalue weighted by Gasteiger charge is -2.05. The fourth-order valence-electron chi connectivity index (χ4n) is 2.46. The van der Waals surface area contributed by atoms with Crippen LogP contribution in [0.4, 0.5) is 0 Å². The number of thiophene rings is 1. The Balaban J connectivity index is 2.01. The third-order valence-electron chi connectivity index (χ3n) is 3.80. The molecule has 0 aliphatic rings. The summed E-state index contributed by atoms with van der Waals surface area (Å²) < 4.78 is 1.22. The Morgan fingerprint density at radius 2 is 1.88 bits per heavy atom. The zero-order chi connectivity index (χ0) is 17.4. The van der Waals surface area contributed by atoms with Gasteiger partial charge in [-0.2, -0.15) is 0 Å².